The van der Waals surface area contributed by atoms with Crippen molar-refractivity contribution in [1.29, 1.82) is 0 Å². The topological polar surface area (TPSA) is 17.1 Å². The van der Waals surface area contributed by atoms with Crippen LogP contribution in [0.15, 0.2) is 91.0 Å². The molecular weight excluding hydrogens is 323 g/mol. The Morgan fingerprint density at radius 2 is 0.913 bits per heavy atom. The van der Waals surface area contributed by atoms with Crippen LogP contribution in [0.25, 0.3) is 0 Å². The van der Waals surface area contributed by atoms with Crippen molar-refractivity contribution >= 4 is 41.9 Å². The maximum absolute atomic E-state index is 11.6. The summed E-state index contributed by atoms with van der Waals surface area (Å²) in [6.07, 6.45) is 1.60. The third kappa shape index (κ3) is 3.37. The first-order valence-corrected chi connectivity index (χ1v) is 9.34. The van der Waals surface area contributed by atoms with E-state index in [1.807, 2.05) is 18.2 Å². The summed E-state index contributed by atoms with van der Waals surface area (Å²) in [7, 11) is -1.92. The van der Waals surface area contributed by atoms with Crippen LogP contribution >= 0.6 is 19.7 Å². The van der Waals surface area contributed by atoms with E-state index in [2.05, 4.69) is 72.8 Å². The Bertz CT molecular complexity index is 633. The molecular formula is C20H19ClOP+. The van der Waals surface area contributed by atoms with Gasteiger partial charge in [-0.1, -0.05) is 54.6 Å². The highest BCUT2D eigenvalue weighted by Crippen LogP contribution is 2.54. The second-order valence-corrected chi connectivity index (χ2v) is 8.70. The van der Waals surface area contributed by atoms with Gasteiger partial charge in [0.1, 0.15) is 29.3 Å². The van der Waals surface area contributed by atoms with Gasteiger partial charge in [0.25, 0.3) is 0 Å². The third-order valence-electron chi connectivity index (χ3n) is 3.94. The van der Waals surface area contributed by atoms with Gasteiger partial charge in [0.2, 0.25) is 0 Å². The zero-order chi connectivity index (χ0) is 15.3. The number of aldehydes is 1. The van der Waals surface area contributed by atoms with Crippen molar-refractivity contribution in [1.82, 2.24) is 0 Å². The number of carbonyl (C=O) groups excluding carboxylic acids is 1. The first-order chi connectivity index (χ1) is 10.9. The lowest BCUT2D eigenvalue weighted by molar-refractivity contribution is -0.105. The molecule has 0 radical (unpaired) electrons. The maximum atomic E-state index is 11.6. The normalized spacial score (nSPS) is 10.6. The van der Waals surface area contributed by atoms with E-state index in [4.69, 9.17) is 0 Å². The monoisotopic (exact) mass is 341 g/mol. The molecule has 3 heteroatoms. The molecule has 3 rings (SSSR count). The van der Waals surface area contributed by atoms with Gasteiger partial charge in [-0.25, -0.2) is 0 Å². The molecule has 3 aromatic rings. The van der Waals surface area contributed by atoms with E-state index >= 15 is 0 Å². The molecule has 0 aliphatic carbocycles. The molecule has 0 amide bonds. The molecule has 0 saturated carbocycles. The molecule has 0 aliphatic heterocycles. The van der Waals surface area contributed by atoms with Crippen molar-refractivity contribution < 1.29 is 4.79 Å². The summed E-state index contributed by atoms with van der Waals surface area (Å²) in [5.74, 6) is 0. The van der Waals surface area contributed by atoms with Gasteiger partial charge in [-0.15, -0.1) is 12.4 Å². The Balaban J connectivity index is 0.00000192. The summed E-state index contributed by atoms with van der Waals surface area (Å²) in [6, 6.07) is 31.3. The Kier molecular flexibility index (Phi) is 6.10. The second kappa shape index (κ2) is 8.06. The zero-order valence-corrected chi connectivity index (χ0v) is 14.4. The van der Waals surface area contributed by atoms with Crippen LogP contribution in [-0.2, 0) is 4.79 Å². The van der Waals surface area contributed by atoms with Gasteiger partial charge in [-0.05, 0) is 36.4 Å². The highest BCUT2D eigenvalue weighted by Gasteiger charge is 2.44. The molecule has 0 bridgehead atoms. The van der Waals surface area contributed by atoms with Gasteiger partial charge in [0, 0.05) is 0 Å². The molecule has 0 unspecified atom stereocenters. The van der Waals surface area contributed by atoms with Gasteiger partial charge in [-0.2, -0.15) is 0 Å². The van der Waals surface area contributed by atoms with Crippen molar-refractivity contribution in [3.05, 3.63) is 91.0 Å². The van der Waals surface area contributed by atoms with E-state index in [0.717, 1.165) is 6.29 Å². The molecule has 3 aromatic carbocycles. The van der Waals surface area contributed by atoms with Crippen LogP contribution in [0.4, 0.5) is 0 Å². The van der Waals surface area contributed by atoms with E-state index in [0.29, 0.717) is 6.16 Å². The quantitative estimate of drug-likeness (QED) is 0.512. The van der Waals surface area contributed by atoms with E-state index in [9.17, 15) is 4.79 Å². The molecule has 116 valence electrons. The molecule has 0 spiro atoms. The minimum absolute atomic E-state index is 0. The fourth-order valence-corrected chi connectivity index (χ4v) is 6.72. The van der Waals surface area contributed by atoms with Crippen molar-refractivity contribution in [3.63, 3.8) is 0 Å². The summed E-state index contributed by atoms with van der Waals surface area (Å²) in [4.78, 5) is 11.6. The first-order valence-electron chi connectivity index (χ1n) is 7.36. The summed E-state index contributed by atoms with van der Waals surface area (Å²) in [6.45, 7) is 0. The fraction of sp³-hybridized carbons (Fsp3) is 0.0500. The van der Waals surface area contributed by atoms with Gasteiger partial charge in [0.05, 0.1) is 0 Å². The molecule has 0 aromatic heterocycles. The average molecular weight is 342 g/mol. The maximum Gasteiger partial charge on any atom is 0.158 e. The molecule has 23 heavy (non-hydrogen) atoms. The lowest BCUT2D eigenvalue weighted by Gasteiger charge is -2.25. The van der Waals surface area contributed by atoms with Crippen LogP contribution in [0.2, 0.25) is 0 Å². The number of rotatable bonds is 5. The van der Waals surface area contributed by atoms with E-state index < -0.39 is 7.26 Å². The van der Waals surface area contributed by atoms with Crippen LogP contribution in [0.5, 0.6) is 0 Å². The van der Waals surface area contributed by atoms with Crippen LogP contribution in [-0.4, -0.2) is 12.4 Å². The number of benzene rings is 3. The Labute approximate surface area is 144 Å². The predicted octanol–water partition coefficient (Wildman–Crippen LogP) is 3.60. The predicted molar refractivity (Wildman–Crippen MR) is 103 cm³/mol. The second-order valence-electron chi connectivity index (χ2n) is 5.17. The number of hydrogen-bond donors (Lipinski definition) is 0. The molecule has 0 N–H and O–H groups in total. The van der Waals surface area contributed by atoms with Gasteiger partial charge in [0.15, 0.2) is 6.29 Å². The number of carbonyl (C=O) groups is 1. The molecule has 0 fully saturated rings. The molecule has 1 nitrogen and oxygen atoms in total. The fourth-order valence-electron chi connectivity index (χ4n) is 2.92. The van der Waals surface area contributed by atoms with E-state index in [1.54, 1.807) is 0 Å². The van der Waals surface area contributed by atoms with Crippen molar-refractivity contribution in [3.8, 4) is 0 Å². The average Bonchev–Trinajstić information content (AvgIpc) is 2.62. The highest BCUT2D eigenvalue weighted by atomic mass is 35.5. The van der Waals surface area contributed by atoms with Crippen molar-refractivity contribution in [2.45, 2.75) is 0 Å². The highest BCUT2D eigenvalue weighted by molar-refractivity contribution is 7.96. The molecule has 0 atom stereocenters. The minimum atomic E-state index is -1.92. The van der Waals surface area contributed by atoms with E-state index in [1.165, 1.54) is 15.9 Å². The van der Waals surface area contributed by atoms with Crippen LogP contribution < -0.4 is 15.9 Å². The Morgan fingerprint density at radius 1 is 0.609 bits per heavy atom. The molecule has 0 saturated heterocycles. The molecule has 0 heterocycles. The summed E-state index contributed by atoms with van der Waals surface area (Å²) in [5, 5.41) is 3.75. The van der Waals surface area contributed by atoms with E-state index in [-0.39, 0.29) is 12.4 Å². The van der Waals surface area contributed by atoms with Crippen LogP contribution in [0.3, 0.4) is 0 Å². The Hall–Kier alpha value is -1.95. The SMILES string of the molecule is Cl.O=CC[P+](c1ccccc1)(c1ccccc1)c1ccccc1. The number of halogens is 1. The van der Waals surface area contributed by atoms with Gasteiger partial charge in [-0.3, -0.25) is 4.79 Å². The van der Waals surface area contributed by atoms with Gasteiger partial charge >= 0.3 is 0 Å². The third-order valence-corrected chi connectivity index (χ3v) is 8.18. The Morgan fingerprint density at radius 3 is 1.17 bits per heavy atom. The smallest absolute Gasteiger partial charge is 0.158 e. The standard InChI is InChI=1S/C20H18OP.ClH/c21-16-17-22(18-10-4-1-5-11-18,19-12-6-2-7-13-19)20-14-8-3-9-15-20;/h1-16H,17H2;1H/q+1;. The first kappa shape index (κ1) is 17.4. The summed E-state index contributed by atoms with van der Waals surface area (Å²) < 4.78 is 0. The van der Waals surface area contributed by atoms with Gasteiger partial charge < -0.3 is 0 Å². The van der Waals surface area contributed by atoms with Crippen LogP contribution in [0.1, 0.15) is 0 Å². The van der Waals surface area contributed by atoms with Crippen LogP contribution in [0, 0.1) is 0 Å². The number of hydrogen-bond acceptors (Lipinski definition) is 1. The van der Waals surface area contributed by atoms with Crippen molar-refractivity contribution in [2.75, 3.05) is 6.16 Å². The summed E-state index contributed by atoms with van der Waals surface area (Å²) >= 11 is 0. The largest absolute Gasteiger partial charge is 0.299 e. The minimum Gasteiger partial charge on any atom is -0.299 e. The lowest BCUT2D eigenvalue weighted by atomic mass is 10.4. The van der Waals surface area contributed by atoms with Crippen molar-refractivity contribution in [2.24, 2.45) is 0 Å². The molecule has 0 aliphatic rings. The zero-order valence-electron chi connectivity index (χ0n) is 12.7. The summed E-state index contributed by atoms with van der Waals surface area (Å²) in [5.41, 5.74) is 0. The lowest BCUT2D eigenvalue weighted by Crippen LogP contribution is -2.33.